The van der Waals surface area contributed by atoms with Gasteiger partial charge in [-0.15, -0.1) is 0 Å². The van der Waals surface area contributed by atoms with Crippen molar-refractivity contribution in [3.05, 3.63) is 59.1 Å². The van der Waals surface area contributed by atoms with Crippen LogP contribution in [0.5, 0.6) is 0 Å². The van der Waals surface area contributed by atoms with E-state index in [1.165, 1.54) is 0 Å². The summed E-state index contributed by atoms with van der Waals surface area (Å²) in [5, 5.41) is 0. The minimum atomic E-state index is 0.547. The van der Waals surface area contributed by atoms with Gasteiger partial charge in [-0.05, 0) is 29.3 Å². The van der Waals surface area contributed by atoms with Crippen LogP contribution in [0.1, 0.15) is 26.1 Å². The van der Waals surface area contributed by atoms with Crippen molar-refractivity contribution >= 4 is 21.5 Å². The van der Waals surface area contributed by atoms with Crippen LogP contribution < -0.4 is 0 Å². The molecule has 0 fully saturated rings. The monoisotopic (exact) mass is 329 g/mol. The van der Waals surface area contributed by atoms with Crippen molar-refractivity contribution in [3.63, 3.8) is 0 Å². The van der Waals surface area contributed by atoms with Gasteiger partial charge in [0.15, 0.2) is 11.6 Å². The van der Waals surface area contributed by atoms with E-state index in [1.807, 2.05) is 49.4 Å². The van der Waals surface area contributed by atoms with E-state index in [-0.39, 0.29) is 0 Å². The highest BCUT2D eigenvalue weighted by atomic mass is 79.9. The van der Waals surface area contributed by atoms with Gasteiger partial charge < -0.3 is 0 Å². The van der Waals surface area contributed by atoms with Crippen LogP contribution in [-0.2, 0) is 0 Å². The summed E-state index contributed by atoms with van der Waals surface area (Å²) in [6.45, 7) is 4.08. The molecule has 0 aliphatic heterocycles. The fraction of sp³-hybridized carbons (Fsp3) is 0.188. The number of hydrogen-bond acceptors (Lipinski definition) is 3. The molecule has 0 aliphatic rings. The van der Waals surface area contributed by atoms with Crippen molar-refractivity contribution in [1.82, 2.24) is 15.0 Å². The lowest BCUT2D eigenvalue weighted by atomic mass is 10.2. The van der Waals surface area contributed by atoms with Crippen molar-refractivity contribution in [1.29, 1.82) is 0 Å². The molecule has 1 aromatic carbocycles. The normalized spacial score (nSPS) is 12.1. The van der Waals surface area contributed by atoms with Crippen molar-refractivity contribution in [2.45, 2.75) is 20.3 Å². The highest BCUT2D eigenvalue weighted by Gasteiger charge is 2.08. The Kier molecular flexibility index (Phi) is 5.18. The topological polar surface area (TPSA) is 38.7 Å². The summed E-state index contributed by atoms with van der Waals surface area (Å²) in [5.41, 5.74) is 1.97. The second kappa shape index (κ2) is 7.10. The Bertz CT molecular complexity index is 633. The lowest BCUT2D eigenvalue weighted by Gasteiger charge is -2.05. The van der Waals surface area contributed by atoms with E-state index in [1.54, 1.807) is 0 Å². The van der Waals surface area contributed by atoms with Crippen LogP contribution in [0.15, 0.2) is 53.3 Å². The highest BCUT2D eigenvalue weighted by Crippen LogP contribution is 2.20. The van der Waals surface area contributed by atoms with Gasteiger partial charge in [-0.3, -0.25) is 0 Å². The number of halogens is 1. The standard InChI is InChI=1S/C16H16BrN3/c1-3-5-9-12(4-2)14-18-15(20-16(17)19-14)13-10-7-6-8-11-13/h4-11H,3H2,1-2H3/b9-5-,12-4+. The fourth-order valence-electron chi connectivity index (χ4n) is 1.74. The van der Waals surface area contributed by atoms with Crippen molar-refractivity contribution in [2.24, 2.45) is 0 Å². The van der Waals surface area contributed by atoms with Crippen LogP contribution in [0.25, 0.3) is 17.0 Å². The molecule has 0 aliphatic carbocycles. The quantitative estimate of drug-likeness (QED) is 0.765. The first kappa shape index (κ1) is 14.6. The molecule has 0 saturated carbocycles. The number of allylic oxidation sites excluding steroid dienone is 4. The number of aromatic nitrogens is 3. The molecule has 0 atom stereocenters. The molecule has 0 unspecified atom stereocenters. The molecule has 3 nitrogen and oxygen atoms in total. The van der Waals surface area contributed by atoms with Gasteiger partial charge in [0.25, 0.3) is 0 Å². The Morgan fingerprint density at radius 3 is 2.55 bits per heavy atom. The SMILES string of the molecule is C/C=C(\C=C/CC)c1nc(Br)nc(-c2ccccc2)n1. The molecule has 0 spiro atoms. The lowest BCUT2D eigenvalue weighted by Crippen LogP contribution is -1.99. The van der Waals surface area contributed by atoms with E-state index in [0.29, 0.717) is 16.4 Å². The average Bonchev–Trinajstić information content (AvgIpc) is 2.48. The zero-order valence-corrected chi connectivity index (χ0v) is 13.1. The second-order valence-electron chi connectivity index (χ2n) is 4.17. The third-order valence-corrected chi connectivity index (χ3v) is 3.10. The zero-order chi connectivity index (χ0) is 14.4. The summed E-state index contributed by atoms with van der Waals surface area (Å²) >= 11 is 3.36. The van der Waals surface area contributed by atoms with Gasteiger partial charge in [-0.1, -0.05) is 55.5 Å². The maximum Gasteiger partial charge on any atom is 0.200 e. The molecular weight excluding hydrogens is 314 g/mol. The molecule has 2 aromatic rings. The molecule has 1 aromatic heterocycles. The highest BCUT2D eigenvalue weighted by molar-refractivity contribution is 9.10. The smallest absolute Gasteiger partial charge is 0.200 e. The minimum absolute atomic E-state index is 0.547. The van der Waals surface area contributed by atoms with Gasteiger partial charge in [0.2, 0.25) is 4.73 Å². The number of nitrogens with zero attached hydrogens (tertiary/aromatic N) is 3. The molecule has 0 amide bonds. The molecule has 20 heavy (non-hydrogen) atoms. The Morgan fingerprint density at radius 1 is 1.15 bits per heavy atom. The van der Waals surface area contributed by atoms with Gasteiger partial charge in [0.05, 0.1) is 0 Å². The maximum atomic E-state index is 4.56. The summed E-state index contributed by atoms with van der Waals surface area (Å²) in [4.78, 5) is 13.3. The van der Waals surface area contributed by atoms with E-state index in [4.69, 9.17) is 0 Å². The van der Waals surface area contributed by atoms with Crippen LogP contribution in [0.4, 0.5) is 0 Å². The molecule has 0 radical (unpaired) electrons. The van der Waals surface area contributed by atoms with E-state index >= 15 is 0 Å². The zero-order valence-electron chi connectivity index (χ0n) is 11.5. The summed E-state index contributed by atoms with van der Waals surface area (Å²) in [6, 6.07) is 9.90. The number of benzene rings is 1. The average molecular weight is 330 g/mol. The minimum Gasteiger partial charge on any atom is -0.208 e. The summed E-state index contributed by atoms with van der Waals surface area (Å²) in [5.74, 6) is 1.35. The molecule has 2 rings (SSSR count). The second-order valence-corrected chi connectivity index (χ2v) is 4.88. The third-order valence-electron chi connectivity index (χ3n) is 2.74. The molecule has 102 valence electrons. The van der Waals surface area contributed by atoms with E-state index < -0.39 is 0 Å². The molecule has 4 heteroatoms. The summed E-state index contributed by atoms with van der Waals surface area (Å²) in [6.07, 6.45) is 7.11. The molecule has 0 bridgehead atoms. The van der Waals surface area contributed by atoms with E-state index in [0.717, 1.165) is 17.6 Å². The van der Waals surface area contributed by atoms with Gasteiger partial charge in [-0.2, -0.15) is 0 Å². The number of rotatable bonds is 4. The molecule has 0 saturated heterocycles. The van der Waals surface area contributed by atoms with Gasteiger partial charge in [-0.25, -0.2) is 15.0 Å². The van der Waals surface area contributed by atoms with Crippen LogP contribution in [-0.4, -0.2) is 15.0 Å². The largest absolute Gasteiger partial charge is 0.208 e. The summed E-state index contributed by atoms with van der Waals surface area (Å²) in [7, 11) is 0. The van der Waals surface area contributed by atoms with E-state index in [2.05, 4.69) is 43.9 Å². The predicted octanol–water partition coefficient (Wildman–Crippen LogP) is 4.67. The Labute approximate surface area is 127 Å². The first-order valence-electron chi connectivity index (χ1n) is 6.54. The van der Waals surface area contributed by atoms with Crippen LogP contribution in [0.2, 0.25) is 0 Å². The van der Waals surface area contributed by atoms with E-state index in [9.17, 15) is 0 Å². The lowest BCUT2D eigenvalue weighted by molar-refractivity contribution is 0.993. The summed E-state index contributed by atoms with van der Waals surface area (Å²) < 4.78 is 0.547. The molecule has 0 N–H and O–H groups in total. The van der Waals surface area contributed by atoms with Crippen molar-refractivity contribution < 1.29 is 0 Å². The van der Waals surface area contributed by atoms with Crippen molar-refractivity contribution in [2.75, 3.05) is 0 Å². The molecular formula is C16H16BrN3. The van der Waals surface area contributed by atoms with Crippen LogP contribution in [0, 0.1) is 0 Å². The number of hydrogen-bond donors (Lipinski definition) is 0. The first-order chi connectivity index (χ1) is 9.74. The third kappa shape index (κ3) is 3.61. The first-order valence-corrected chi connectivity index (χ1v) is 7.34. The Hall–Kier alpha value is -1.81. The Balaban J connectivity index is 2.46. The van der Waals surface area contributed by atoms with Crippen LogP contribution in [0.3, 0.4) is 0 Å². The van der Waals surface area contributed by atoms with Gasteiger partial charge >= 0.3 is 0 Å². The van der Waals surface area contributed by atoms with Crippen molar-refractivity contribution in [3.8, 4) is 11.4 Å². The predicted molar refractivity (Wildman–Crippen MR) is 86.0 cm³/mol. The van der Waals surface area contributed by atoms with Gasteiger partial charge in [0.1, 0.15) is 0 Å². The van der Waals surface area contributed by atoms with Gasteiger partial charge in [0, 0.05) is 11.1 Å². The maximum absolute atomic E-state index is 4.56. The van der Waals surface area contributed by atoms with Crippen LogP contribution >= 0.6 is 15.9 Å². The Morgan fingerprint density at radius 2 is 1.90 bits per heavy atom. The fourth-order valence-corrected chi connectivity index (χ4v) is 2.08. The molecule has 1 heterocycles.